The number of ketones is 2. The number of Topliss-reactive ketones (excluding diaryl/α,β-unsaturated/α-hetero) is 2. The highest BCUT2D eigenvalue weighted by molar-refractivity contribution is 6.29. The molecule has 2 fully saturated rings. The fourth-order valence-corrected chi connectivity index (χ4v) is 4.49. The predicted octanol–water partition coefficient (Wildman–Crippen LogP) is 3.79. The van der Waals surface area contributed by atoms with Crippen LogP contribution in [0.2, 0.25) is 5.15 Å². The number of hydrogen-bond donors (Lipinski definition) is 1. The molecule has 1 aliphatic carbocycles. The van der Waals surface area contributed by atoms with Crippen molar-refractivity contribution in [2.75, 3.05) is 20.2 Å². The van der Waals surface area contributed by atoms with Crippen LogP contribution in [0, 0.1) is 5.92 Å². The van der Waals surface area contributed by atoms with Crippen LogP contribution in [0.25, 0.3) is 5.70 Å². The van der Waals surface area contributed by atoms with Crippen molar-refractivity contribution >= 4 is 28.9 Å². The molecule has 1 saturated heterocycles. The molecule has 1 aliphatic heterocycles. The number of hydrogen-bond acceptors (Lipinski definition) is 7. The van der Waals surface area contributed by atoms with Crippen LogP contribution in [-0.4, -0.2) is 52.7 Å². The molecule has 0 unspecified atom stereocenters. The van der Waals surface area contributed by atoms with Crippen molar-refractivity contribution in [1.29, 1.82) is 0 Å². The third-order valence-electron chi connectivity index (χ3n) is 6.28. The van der Waals surface area contributed by atoms with E-state index in [2.05, 4.69) is 21.9 Å². The molecular formula is C23H33ClN4O3. The van der Waals surface area contributed by atoms with Crippen molar-refractivity contribution in [3.05, 3.63) is 22.6 Å². The van der Waals surface area contributed by atoms with Crippen molar-refractivity contribution in [2.24, 2.45) is 11.7 Å². The minimum absolute atomic E-state index is 0.00904. The van der Waals surface area contributed by atoms with E-state index in [1.54, 1.807) is 6.07 Å². The number of ether oxygens (including phenoxy) is 1. The monoisotopic (exact) mass is 448 g/mol. The molecule has 0 radical (unpaired) electrons. The van der Waals surface area contributed by atoms with Gasteiger partial charge in [0.2, 0.25) is 5.88 Å². The molecule has 1 saturated carbocycles. The van der Waals surface area contributed by atoms with E-state index in [1.807, 2.05) is 6.92 Å². The summed E-state index contributed by atoms with van der Waals surface area (Å²) in [7, 11) is 2.08. The highest BCUT2D eigenvalue weighted by Gasteiger charge is 2.32. The zero-order valence-corrected chi connectivity index (χ0v) is 19.3. The SMILES string of the molecule is CCCC/C(C(=O)[C@H]1CCCCC1=O)=C(/N)c1nc(Cl)cc(OC[C@@H]2CCCN2C)n1. The molecule has 170 valence electrons. The Morgan fingerprint density at radius 2 is 2.10 bits per heavy atom. The molecule has 2 aliphatic rings. The van der Waals surface area contributed by atoms with Gasteiger partial charge in [0.1, 0.15) is 17.5 Å². The van der Waals surface area contributed by atoms with Crippen LogP contribution >= 0.6 is 11.6 Å². The second kappa shape index (κ2) is 11.0. The first kappa shape index (κ1) is 23.7. The second-order valence-corrected chi connectivity index (χ2v) is 8.95. The molecule has 31 heavy (non-hydrogen) atoms. The topological polar surface area (TPSA) is 98.4 Å². The average molecular weight is 449 g/mol. The minimum atomic E-state index is -0.605. The van der Waals surface area contributed by atoms with Gasteiger partial charge in [-0.05, 0) is 52.1 Å². The highest BCUT2D eigenvalue weighted by atomic mass is 35.5. The number of rotatable bonds is 9. The number of nitrogens with two attached hydrogens (primary N) is 1. The molecule has 1 aromatic rings. The van der Waals surface area contributed by atoms with Crippen LogP contribution < -0.4 is 10.5 Å². The summed E-state index contributed by atoms with van der Waals surface area (Å²) in [6, 6.07) is 1.90. The molecule has 8 heteroatoms. The van der Waals surface area contributed by atoms with Gasteiger partial charge in [-0.2, -0.15) is 4.98 Å². The van der Waals surface area contributed by atoms with Gasteiger partial charge in [-0.15, -0.1) is 0 Å². The fourth-order valence-electron chi connectivity index (χ4n) is 4.31. The van der Waals surface area contributed by atoms with Crippen molar-refractivity contribution < 1.29 is 14.3 Å². The number of carbonyl (C=O) groups excluding carboxylic acids is 2. The average Bonchev–Trinajstić information content (AvgIpc) is 3.17. The Hall–Kier alpha value is -1.99. The van der Waals surface area contributed by atoms with Gasteiger partial charge in [0, 0.05) is 24.1 Å². The van der Waals surface area contributed by atoms with Gasteiger partial charge in [0.05, 0.1) is 11.6 Å². The molecule has 7 nitrogen and oxygen atoms in total. The van der Waals surface area contributed by atoms with E-state index in [-0.39, 0.29) is 28.2 Å². The number of likely N-dealkylation sites (N-methyl/N-ethyl adjacent to an activating group) is 1. The smallest absolute Gasteiger partial charge is 0.218 e. The summed E-state index contributed by atoms with van der Waals surface area (Å²) in [5, 5.41) is 0.207. The second-order valence-electron chi connectivity index (χ2n) is 8.56. The van der Waals surface area contributed by atoms with Crippen LogP contribution in [0.5, 0.6) is 5.88 Å². The zero-order valence-electron chi connectivity index (χ0n) is 18.5. The summed E-state index contributed by atoms with van der Waals surface area (Å²) in [4.78, 5) is 36.6. The lowest BCUT2D eigenvalue weighted by molar-refractivity contribution is -0.132. The lowest BCUT2D eigenvalue weighted by Gasteiger charge is -2.22. The molecule has 1 aromatic heterocycles. The highest BCUT2D eigenvalue weighted by Crippen LogP contribution is 2.29. The lowest BCUT2D eigenvalue weighted by atomic mass is 9.81. The molecular weight excluding hydrogens is 416 g/mol. The van der Waals surface area contributed by atoms with E-state index in [9.17, 15) is 9.59 Å². The molecule has 0 aromatic carbocycles. The fraction of sp³-hybridized carbons (Fsp3) is 0.652. The van der Waals surface area contributed by atoms with Crippen LogP contribution in [0.3, 0.4) is 0 Å². The van der Waals surface area contributed by atoms with Gasteiger partial charge < -0.3 is 15.4 Å². The van der Waals surface area contributed by atoms with Crippen LogP contribution in [0.1, 0.15) is 70.5 Å². The summed E-state index contributed by atoms with van der Waals surface area (Å²) >= 11 is 6.22. The number of halogens is 1. The number of aromatic nitrogens is 2. The van der Waals surface area contributed by atoms with Gasteiger partial charge in [0.15, 0.2) is 11.6 Å². The standard InChI is InChI=1S/C23H33ClN4O3/c1-3-4-9-17(22(30)16-10-5-6-11-18(16)29)21(25)23-26-19(24)13-20(27-23)31-14-15-8-7-12-28(15)2/h13,15-16H,3-12,14,25H2,1-2H3/b21-17-/t15-,16-/m0/s1. The number of carbonyl (C=O) groups is 2. The Balaban J connectivity index is 1.85. The summed E-state index contributed by atoms with van der Waals surface area (Å²) in [6.07, 6.45) is 7.19. The van der Waals surface area contributed by atoms with Gasteiger partial charge >= 0.3 is 0 Å². The number of allylic oxidation sites excluding steroid dienone is 1. The van der Waals surface area contributed by atoms with Crippen molar-refractivity contribution in [3.8, 4) is 5.88 Å². The molecule has 2 atom stereocenters. The van der Waals surface area contributed by atoms with Gasteiger partial charge in [-0.3, -0.25) is 9.59 Å². The Morgan fingerprint density at radius 3 is 2.77 bits per heavy atom. The maximum Gasteiger partial charge on any atom is 0.218 e. The lowest BCUT2D eigenvalue weighted by Crippen LogP contribution is -2.31. The first-order valence-electron chi connectivity index (χ1n) is 11.3. The van der Waals surface area contributed by atoms with E-state index in [0.717, 1.165) is 45.1 Å². The zero-order chi connectivity index (χ0) is 22.4. The largest absolute Gasteiger partial charge is 0.476 e. The minimum Gasteiger partial charge on any atom is -0.476 e. The Morgan fingerprint density at radius 1 is 1.29 bits per heavy atom. The van der Waals surface area contributed by atoms with E-state index in [1.165, 1.54) is 0 Å². The van der Waals surface area contributed by atoms with Gasteiger partial charge in [0.25, 0.3) is 0 Å². The predicted molar refractivity (Wildman–Crippen MR) is 121 cm³/mol. The van der Waals surface area contributed by atoms with Crippen molar-refractivity contribution in [2.45, 2.75) is 70.8 Å². The van der Waals surface area contributed by atoms with Gasteiger partial charge in [-0.25, -0.2) is 4.98 Å². The number of nitrogens with zero attached hydrogens (tertiary/aromatic N) is 3. The van der Waals surface area contributed by atoms with E-state index in [0.29, 0.717) is 43.4 Å². The molecule has 0 bridgehead atoms. The maximum atomic E-state index is 13.3. The third-order valence-corrected chi connectivity index (χ3v) is 6.48. The van der Waals surface area contributed by atoms with E-state index >= 15 is 0 Å². The summed E-state index contributed by atoms with van der Waals surface area (Å²) in [5.41, 5.74) is 7.04. The molecule has 0 amide bonds. The summed E-state index contributed by atoms with van der Waals surface area (Å²) < 4.78 is 5.89. The Kier molecular flexibility index (Phi) is 8.43. The Labute approximate surface area is 189 Å². The maximum absolute atomic E-state index is 13.3. The van der Waals surface area contributed by atoms with Crippen LogP contribution in [0.4, 0.5) is 0 Å². The molecule has 2 heterocycles. The number of unbranched alkanes of at least 4 members (excludes halogenated alkanes) is 1. The number of likely N-dealkylation sites (tertiary alicyclic amines) is 1. The van der Waals surface area contributed by atoms with Crippen LogP contribution in [0.15, 0.2) is 11.6 Å². The van der Waals surface area contributed by atoms with Crippen molar-refractivity contribution in [1.82, 2.24) is 14.9 Å². The third kappa shape index (κ3) is 6.04. The summed E-state index contributed by atoms with van der Waals surface area (Å²) in [6.45, 7) is 3.61. The first-order valence-corrected chi connectivity index (χ1v) is 11.7. The van der Waals surface area contributed by atoms with E-state index in [4.69, 9.17) is 22.1 Å². The molecule has 0 spiro atoms. The first-order chi connectivity index (χ1) is 14.9. The quantitative estimate of drug-likeness (QED) is 0.348. The molecule has 3 rings (SSSR count). The van der Waals surface area contributed by atoms with Crippen LogP contribution in [-0.2, 0) is 9.59 Å². The van der Waals surface area contributed by atoms with Gasteiger partial charge in [-0.1, -0.05) is 31.4 Å². The summed E-state index contributed by atoms with van der Waals surface area (Å²) in [5.74, 6) is -0.254. The van der Waals surface area contributed by atoms with E-state index < -0.39 is 5.92 Å². The molecule has 2 N–H and O–H groups in total. The normalized spacial score (nSPS) is 23.0. The van der Waals surface area contributed by atoms with Crippen molar-refractivity contribution in [3.63, 3.8) is 0 Å². The Bertz CT molecular complexity index is 842.